The van der Waals surface area contributed by atoms with Gasteiger partial charge in [0.2, 0.25) is 5.91 Å². The van der Waals surface area contributed by atoms with E-state index in [-0.39, 0.29) is 18.2 Å². The number of hydrogen-bond donors (Lipinski definition) is 1. The zero-order valence-corrected chi connectivity index (χ0v) is 14.7. The maximum absolute atomic E-state index is 12.5. The molecule has 3 rings (SSSR count). The van der Waals surface area contributed by atoms with E-state index in [1.54, 1.807) is 0 Å². The van der Waals surface area contributed by atoms with Gasteiger partial charge in [-0.1, -0.05) is 24.3 Å². The van der Waals surface area contributed by atoms with Crippen LogP contribution in [0.25, 0.3) is 0 Å². The SMILES string of the molecule is Cc1cccc(NC(=O)C2=NN(c3cc(C)ccc3C)C(=O)CC2)c1. The second-order valence-electron chi connectivity index (χ2n) is 6.37. The molecule has 2 aromatic carbocycles. The lowest BCUT2D eigenvalue weighted by Gasteiger charge is -2.24. The van der Waals surface area contributed by atoms with Crippen LogP contribution in [0.2, 0.25) is 0 Å². The molecule has 0 atom stereocenters. The molecule has 0 fully saturated rings. The van der Waals surface area contributed by atoms with Crippen molar-refractivity contribution in [1.29, 1.82) is 0 Å². The van der Waals surface area contributed by atoms with Crippen molar-refractivity contribution in [3.05, 3.63) is 59.2 Å². The summed E-state index contributed by atoms with van der Waals surface area (Å²) < 4.78 is 0. The lowest BCUT2D eigenvalue weighted by Crippen LogP contribution is -2.36. The van der Waals surface area contributed by atoms with Crippen LogP contribution in [0, 0.1) is 20.8 Å². The fourth-order valence-electron chi connectivity index (χ4n) is 2.78. The van der Waals surface area contributed by atoms with Crippen LogP contribution >= 0.6 is 0 Å². The van der Waals surface area contributed by atoms with Gasteiger partial charge in [0, 0.05) is 18.5 Å². The second-order valence-corrected chi connectivity index (χ2v) is 6.37. The molecule has 128 valence electrons. The van der Waals surface area contributed by atoms with Gasteiger partial charge in [0.05, 0.1) is 5.69 Å². The topological polar surface area (TPSA) is 61.8 Å². The van der Waals surface area contributed by atoms with Crippen LogP contribution in [-0.4, -0.2) is 17.5 Å². The van der Waals surface area contributed by atoms with Crippen LogP contribution in [0.1, 0.15) is 29.5 Å². The Bertz CT molecular complexity index is 871. The normalized spacial score (nSPS) is 14.3. The van der Waals surface area contributed by atoms with E-state index in [4.69, 9.17) is 0 Å². The quantitative estimate of drug-likeness (QED) is 0.929. The summed E-state index contributed by atoms with van der Waals surface area (Å²) in [5.74, 6) is -0.366. The van der Waals surface area contributed by atoms with E-state index in [1.165, 1.54) is 5.01 Å². The summed E-state index contributed by atoms with van der Waals surface area (Å²) >= 11 is 0. The first-order chi connectivity index (χ1) is 11.9. The van der Waals surface area contributed by atoms with Crippen LogP contribution < -0.4 is 10.3 Å². The number of carbonyl (C=O) groups is 2. The molecular weight excluding hydrogens is 314 g/mol. The van der Waals surface area contributed by atoms with Gasteiger partial charge in [-0.15, -0.1) is 0 Å². The molecule has 0 aromatic heterocycles. The average Bonchev–Trinajstić information content (AvgIpc) is 2.57. The van der Waals surface area contributed by atoms with Crippen LogP contribution in [0.5, 0.6) is 0 Å². The lowest BCUT2D eigenvalue weighted by molar-refractivity contribution is -0.118. The molecule has 1 aliphatic rings. The van der Waals surface area contributed by atoms with Crippen molar-refractivity contribution in [3.8, 4) is 0 Å². The fourth-order valence-corrected chi connectivity index (χ4v) is 2.78. The molecule has 0 saturated heterocycles. The van der Waals surface area contributed by atoms with Crippen LogP contribution in [0.3, 0.4) is 0 Å². The van der Waals surface area contributed by atoms with Gasteiger partial charge in [0.1, 0.15) is 5.71 Å². The molecule has 0 unspecified atom stereocenters. The largest absolute Gasteiger partial charge is 0.321 e. The highest BCUT2D eigenvalue weighted by atomic mass is 16.2. The first-order valence-corrected chi connectivity index (χ1v) is 8.30. The third-order valence-electron chi connectivity index (χ3n) is 4.16. The van der Waals surface area contributed by atoms with E-state index in [1.807, 2.05) is 63.2 Å². The zero-order chi connectivity index (χ0) is 18.0. The molecule has 1 heterocycles. The van der Waals surface area contributed by atoms with Gasteiger partial charge in [-0.3, -0.25) is 9.59 Å². The van der Waals surface area contributed by atoms with Gasteiger partial charge in [-0.2, -0.15) is 5.10 Å². The molecule has 25 heavy (non-hydrogen) atoms. The fraction of sp³-hybridized carbons (Fsp3) is 0.250. The van der Waals surface area contributed by atoms with Gasteiger partial charge < -0.3 is 5.32 Å². The number of benzene rings is 2. The lowest BCUT2D eigenvalue weighted by atomic mass is 10.1. The number of hydrazone groups is 1. The summed E-state index contributed by atoms with van der Waals surface area (Å²) in [6, 6.07) is 13.4. The van der Waals surface area contributed by atoms with Gasteiger partial charge in [-0.25, -0.2) is 5.01 Å². The first-order valence-electron chi connectivity index (χ1n) is 8.30. The number of nitrogens with zero attached hydrogens (tertiary/aromatic N) is 2. The minimum absolute atomic E-state index is 0.0965. The van der Waals surface area contributed by atoms with Crippen LogP contribution in [-0.2, 0) is 9.59 Å². The van der Waals surface area contributed by atoms with Crippen molar-refractivity contribution in [3.63, 3.8) is 0 Å². The monoisotopic (exact) mass is 335 g/mol. The zero-order valence-electron chi connectivity index (χ0n) is 14.7. The molecule has 5 heteroatoms. The van der Waals surface area contributed by atoms with Crippen molar-refractivity contribution in [1.82, 2.24) is 0 Å². The molecule has 1 N–H and O–H groups in total. The van der Waals surface area contributed by atoms with Crippen LogP contribution in [0.15, 0.2) is 47.6 Å². The highest BCUT2D eigenvalue weighted by Crippen LogP contribution is 2.25. The summed E-state index contributed by atoms with van der Waals surface area (Å²) in [6.45, 7) is 5.86. The summed E-state index contributed by atoms with van der Waals surface area (Å²) in [5, 5.41) is 8.56. The highest BCUT2D eigenvalue weighted by Gasteiger charge is 2.26. The Labute approximate surface area is 147 Å². The number of anilines is 2. The highest BCUT2D eigenvalue weighted by molar-refractivity contribution is 6.44. The summed E-state index contributed by atoms with van der Waals surface area (Å²) in [7, 11) is 0. The van der Waals surface area contributed by atoms with E-state index >= 15 is 0 Å². The van der Waals surface area contributed by atoms with Crippen molar-refractivity contribution in [2.24, 2.45) is 5.10 Å². The van der Waals surface area contributed by atoms with E-state index in [9.17, 15) is 9.59 Å². The first kappa shape index (κ1) is 16.9. The second kappa shape index (κ2) is 6.89. The Morgan fingerprint density at radius 2 is 1.80 bits per heavy atom. The van der Waals surface area contributed by atoms with Gasteiger partial charge in [0.15, 0.2) is 0 Å². The van der Waals surface area contributed by atoms with Gasteiger partial charge in [-0.05, 0) is 55.7 Å². The molecule has 5 nitrogen and oxygen atoms in total. The van der Waals surface area contributed by atoms with Crippen molar-refractivity contribution in [2.45, 2.75) is 33.6 Å². The van der Waals surface area contributed by atoms with E-state index in [0.717, 1.165) is 28.1 Å². The maximum Gasteiger partial charge on any atom is 0.271 e. The Kier molecular flexibility index (Phi) is 4.65. The van der Waals surface area contributed by atoms with E-state index < -0.39 is 0 Å². The van der Waals surface area contributed by atoms with Gasteiger partial charge >= 0.3 is 0 Å². The molecular formula is C20H21N3O2. The molecule has 1 aliphatic heterocycles. The maximum atomic E-state index is 12.5. The molecule has 0 radical (unpaired) electrons. The third kappa shape index (κ3) is 3.76. The van der Waals surface area contributed by atoms with Crippen molar-refractivity contribution in [2.75, 3.05) is 10.3 Å². The van der Waals surface area contributed by atoms with Gasteiger partial charge in [0.25, 0.3) is 5.91 Å². The molecule has 0 bridgehead atoms. The Morgan fingerprint density at radius 1 is 1.04 bits per heavy atom. The molecule has 2 aromatic rings. The predicted octanol–water partition coefficient (Wildman–Crippen LogP) is 3.73. The minimum atomic E-state index is -0.270. The molecule has 0 aliphatic carbocycles. The number of rotatable bonds is 3. The number of amides is 2. The van der Waals surface area contributed by atoms with E-state index in [2.05, 4.69) is 10.4 Å². The summed E-state index contributed by atoms with van der Waals surface area (Å²) in [4.78, 5) is 24.9. The summed E-state index contributed by atoms with van der Waals surface area (Å²) in [6.07, 6.45) is 0.616. The number of carbonyl (C=O) groups excluding carboxylic acids is 2. The Morgan fingerprint density at radius 3 is 2.56 bits per heavy atom. The average molecular weight is 335 g/mol. The predicted molar refractivity (Wildman–Crippen MR) is 99.9 cm³/mol. The summed E-state index contributed by atoms with van der Waals surface area (Å²) in [5.41, 5.74) is 4.87. The number of nitrogens with one attached hydrogen (secondary N) is 1. The molecule has 2 amide bonds. The number of aryl methyl sites for hydroxylation is 3. The minimum Gasteiger partial charge on any atom is -0.321 e. The van der Waals surface area contributed by atoms with E-state index in [0.29, 0.717) is 12.1 Å². The van der Waals surface area contributed by atoms with Crippen LogP contribution in [0.4, 0.5) is 11.4 Å². The Hall–Kier alpha value is -2.95. The Balaban J connectivity index is 1.87. The van der Waals surface area contributed by atoms with Crippen molar-refractivity contribution >= 4 is 28.9 Å². The molecule has 0 saturated carbocycles. The standard InChI is InChI=1S/C20H21N3O2/c1-13-5-4-6-16(11-13)21-20(25)17-9-10-19(24)23(22-17)18-12-14(2)7-8-15(18)3/h4-8,11-12H,9-10H2,1-3H3,(H,21,25). The third-order valence-corrected chi connectivity index (χ3v) is 4.16. The van der Waals surface area contributed by atoms with Crippen molar-refractivity contribution < 1.29 is 9.59 Å². The number of hydrogen-bond acceptors (Lipinski definition) is 3. The smallest absolute Gasteiger partial charge is 0.271 e. The molecule has 0 spiro atoms.